The molecule has 0 aliphatic rings. The van der Waals surface area contributed by atoms with Gasteiger partial charge < -0.3 is 15.4 Å². The van der Waals surface area contributed by atoms with Crippen LogP contribution in [0.5, 0.6) is 5.75 Å². The van der Waals surface area contributed by atoms with E-state index in [1.165, 1.54) is 0 Å². The zero-order valence-corrected chi connectivity index (χ0v) is 21.6. The van der Waals surface area contributed by atoms with E-state index in [4.69, 9.17) is 4.74 Å². The summed E-state index contributed by atoms with van der Waals surface area (Å²) < 4.78 is 33.9. The van der Waals surface area contributed by atoms with E-state index < -0.39 is 10.0 Å². The van der Waals surface area contributed by atoms with Crippen LogP contribution in [0, 0.1) is 27.7 Å². The quantitative estimate of drug-likeness (QED) is 0.292. The average molecular weight is 505 g/mol. The minimum atomic E-state index is -3.77. The van der Waals surface area contributed by atoms with Crippen molar-refractivity contribution in [1.82, 2.24) is 15.0 Å². The van der Waals surface area contributed by atoms with Gasteiger partial charge in [0.15, 0.2) is 0 Å². The van der Waals surface area contributed by atoms with Gasteiger partial charge in [-0.05, 0) is 92.9 Å². The molecule has 0 atom stereocenters. The standard InChI is InChI=1S/C26H28N6O3S/c1-16-10-11-27-24(12-16)31-26-15-25(28-19(4)29-26)30-20-6-8-21(9-7-20)32-36(33,34)23-14-17(2)22(35-5)13-18(23)3/h6-15,32H,1-5H3,(H2,27,28,29,30,31). The van der Waals surface area contributed by atoms with Gasteiger partial charge in [-0.3, -0.25) is 4.72 Å². The number of aryl methyl sites for hydroxylation is 4. The number of methoxy groups -OCH3 is 1. The number of pyridine rings is 1. The van der Waals surface area contributed by atoms with E-state index in [0.717, 1.165) is 16.8 Å². The maximum Gasteiger partial charge on any atom is 0.262 e. The van der Waals surface area contributed by atoms with Crippen LogP contribution in [0.1, 0.15) is 22.5 Å². The third kappa shape index (κ3) is 5.89. The lowest BCUT2D eigenvalue weighted by Gasteiger charge is -2.14. The minimum Gasteiger partial charge on any atom is -0.496 e. The van der Waals surface area contributed by atoms with E-state index in [0.29, 0.717) is 40.3 Å². The summed E-state index contributed by atoms with van der Waals surface area (Å²) in [5.74, 6) is 3.13. The van der Waals surface area contributed by atoms with E-state index in [1.54, 1.807) is 69.6 Å². The average Bonchev–Trinajstić information content (AvgIpc) is 2.81. The Morgan fingerprint density at radius 2 is 1.42 bits per heavy atom. The molecule has 0 fully saturated rings. The molecule has 4 rings (SSSR count). The molecule has 4 aromatic rings. The Morgan fingerprint density at radius 3 is 2.08 bits per heavy atom. The molecule has 0 spiro atoms. The highest BCUT2D eigenvalue weighted by atomic mass is 32.2. The molecule has 36 heavy (non-hydrogen) atoms. The van der Waals surface area contributed by atoms with E-state index >= 15 is 0 Å². The van der Waals surface area contributed by atoms with Crippen LogP contribution in [0.15, 0.2) is 65.7 Å². The van der Waals surface area contributed by atoms with Gasteiger partial charge in [-0.25, -0.2) is 23.4 Å². The summed E-state index contributed by atoms with van der Waals surface area (Å²) in [5, 5.41) is 6.42. The molecule has 0 saturated carbocycles. The van der Waals surface area contributed by atoms with Crippen molar-refractivity contribution in [3.05, 3.63) is 83.3 Å². The summed E-state index contributed by atoms with van der Waals surface area (Å²) in [7, 11) is -2.21. The van der Waals surface area contributed by atoms with Crippen molar-refractivity contribution < 1.29 is 13.2 Å². The fourth-order valence-electron chi connectivity index (χ4n) is 3.68. The van der Waals surface area contributed by atoms with Gasteiger partial charge in [-0.15, -0.1) is 0 Å². The van der Waals surface area contributed by atoms with Gasteiger partial charge in [0.25, 0.3) is 10.0 Å². The van der Waals surface area contributed by atoms with Crippen molar-refractivity contribution >= 4 is 38.9 Å². The number of anilines is 5. The smallest absolute Gasteiger partial charge is 0.262 e. The van der Waals surface area contributed by atoms with Crippen LogP contribution in [0.25, 0.3) is 0 Å². The summed E-state index contributed by atoms with van der Waals surface area (Å²) >= 11 is 0. The highest BCUT2D eigenvalue weighted by Crippen LogP contribution is 2.28. The molecule has 186 valence electrons. The molecule has 2 heterocycles. The molecule has 2 aromatic carbocycles. The predicted molar refractivity (Wildman–Crippen MR) is 142 cm³/mol. The van der Waals surface area contributed by atoms with Gasteiger partial charge in [-0.1, -0.05) is 0 Å². The SMILES string of the molecule is COc1cc(C)c(S(=O)(=O)Nc2ccc(Nc3cc(Nc4cc(C)ccn4)nc(C)n3)cc2)cc1C. The summed E-state index contributed by atoms with van der Waals surface area (Å²) in [5.41, 5.74) is 3.62. The van der Waals surface area contributed by atoms with Crippen LogP contribution in [-0.4, -0.2) is 30.5 Å². The first-order chi connectivity index (χ1) is 17.1. The van der Waals surface area contributed by atoms with E-state index in [9.17, 15) is 8.42 Å². The van der Waals surface area contributed by atoms with Crippen LogP contribution in [0.3, 0.4) is 0 Å². The van der Waals surface area contributed by atoms with Gasteiger partial charge in [-0.2, -0.15) is 0 Å². The van der Waals surface area contributed by atoms with Crippen LogP contribution in [0.2, 0.25) is 0 Å². The molecule has 0 radical (unpaired) electrons. The monoisotopic (exact) mass is 504 g/mol. The Bertz CT molecular complexity index is 1510. The topological polar surface area (TPSA) is 118 Å². The van der Waals surface area contributed by atoms with Crippen molar-refractivity contribution in [2.24, 2.45) is 0 Å². The van der Waals surface area contributed by atoms with Crippen molar-refractivity contribution in [2.45, 2.75) is 32.6 Å². The molecule has 0 aliphatic carbocycles. The molecule has 3 N–H and O–H groups in total. The Labute approximate surface area is 211 Å². The number of aromatic nitrogens is 3. The second-order valence-electron chi connectivity index (χ2n) is 8.42. The fraction of sp³-hybridized carbons (Fsp3) is 0.192. The van der Waals surface area contributed by atoms with Crippen molar-refractivity contribution in [1.29, 1.82) is 0 Å². The third-order valence-corrected chi connectivity index (χ3v) is 6.92. The number of benzene rings is 2. The molecule has 2 aromatic heterocycles. The van der Waals surface area contributed by atoms with Crippen LogP contribution in [-0.2, 0) is 10.0 Å². The fourth-order valence-corrected chi connectivity index (χ4v) is 5.05. The maximum absolute atomic E-state index is 13.0. The van der Waals surface area contributed by atoms with E-state index in [-0.39, 0.29) is 4.90 Å². The number of sulfonamides is 1. The van der Waals surface area contributed by atoms with Crippen molar-refractivity contribution in [3.63, 3.8) is 0 Å². The molecule has 0 amide bonds. The van der Waals surface area contributed by atoms with Crippen LogP contribution in [0.4, 0.5) is 28.8 Å². The van der Waals surface area contributed by atoms with Gasteiger partial charge in [0.05, 0.1) is 12.0 Å². The molecule has 0 unspecified atom stereocenters. The molecule has 0 bridgehead atoms. The van der Waals surface area contributed by atoms with E-state index in [1.807, 2.05) is 26.0 Å². The zero-order valence-electron chi connectivity index (χ0n) is 20.7. The molecule has 9 nitrogen and oxygen atoms in total. The zero-order chi connectivity index (χ0) is 25.9. The lowest BCUT2D eigenvalue weighted by Crippen LogP contribution is -2.14. The number of nitrogens with one attached hydrogen (secondary N) is 3. The molecular formula is C26H28N6O3S. The first-order valence-electron chi connectivity index (χ1n) is 11.2. The Balaban J connectivity index is 1.48. The molecule has 10 heteroatoms. The summed E-state index contributed by atoms with van der Waals surface area (Å²) in [6.45, 7) is 7.35. The number of ether oxygens (including phenoxy) is 1. The molecular weight excluding hydrogens is 476 g/mol. The normalized spacial score (nSPS) is 11.1. The number of hydrogen-bond donors (Lipinski definition) is 3. The van der Waals surface area contributed by atoms with Crippen LogP contribution < -0.4 is 20.1 Å². The highest BCUT2D eigenvalue weighted by molar-refractivity contribution is 7.92. The van der Waals surface area contributed by atoms with Crippen LogP contribution >= 0.6 is 0 Å². The lowest BCUT2D eigenvalue weighted by molar-refractivity contribution is 0.411. The summed E-state index contributed by atoms with van der Waals surface area (Å²) in [6, 6.07) is 15.9. The first-order valence-corrected chi connectivity index (χ1v) is 12.7. The molecule has 0 saturated heterocycles. The third-order valence-electron chi connectivity index (χ3n) is 5.40. The second-order valence-corrected chi connectivity index (χ2v) is 10.1. The predicted octanol–water partition coefficient (Wildman–Crippen LogP) is 5.40. The van der Waals surface area contributed by atoms with Gasteiger partial charge >= 0.3 is 0 Å². The van der Waals surface area contributed by atoms with Crippen molar-refractivity contribution in [3.8, 4) is 5.75 Å². The Morgan fingerprint density at radius 1 is 0.750 bits per heavy atom. The van der Waals surface area contributed by atoms with Gasteiger partial charge in [0, 0.05) is 23.6 Å². The summed E-state index contributed by atoms with van der Waals surface area (Å²) in [6.07, 6.45) is 1.73. The number of nitrogens with zero attached hydrogens (tertiary/aromatic N) is 3. The Kier molecular flexibility index (Phi) is 7.07. The lowest BCUT2D eigenvalue weighted by atomic mass is 10.1. The van der Waals surface area contributed by atoms with E-state index in [2.05, 4.69) is 30.3 Å². The highest BCUT2D eigenvalue weighted by Gasteiger charge is 2.19. The molecule has 0 aliphatic heterocycles. The largest absolute Gasteiger partial charge is 0.496 e. The summed E-state index contributed by atoms with van der Waals surface area (Å²) in [4.78, 5) is 13.4. The van der Waals surface area contributed by atoms with Gasteiger partial charge in [0.2, 0.25) is 0 Å². The minimum absolute atomic E-state index is 0.211. The maximum atomic E-state index is 13.0. The van der Waals surface area contributed by atoms with Gasteiger partial charge in [0.1, 0.15) is 29.0 Å². The first kappa shape index (κ1) is 24.9. The Hall–Kier alpha value is -4.18. The number of hydrogen-bond acceptors (Lipinski definition) is 8. The number of rotatable bonds is 8. The van der Waals surface area contributed by atoms with Crippen molar-refractivity contribution in [2.75, 3.05) is 22.5 Å². The second kappa shape index (κ2) is 10.2.